The number of nitro benzene ring substituents is 1. The molecule has 1 unspecified atom stereocenters. The molecule has 1 fully saturated rings. The second-order valence-electron chi connectivity index (χ2n) is 6.16. The highest BCUT2D eigenvalue weighted by Crippen LogP contribution is 2.38. The molecule has 11 heteroatoms. The molecule has 30 heavy (non-hydrogen) atoms. The summed E-state index contributed by atoms with van der Waals surface area (Å²) in [7, 11) is 0. The molecule has 1 aliphatic heterocycles. The van der Waals surface area contributed by atoms with Crippen LogP contribution in [0.1, 0.15) is 13.3 Å². The molecule has 0 aromatic heterocycles. The number of para-hydroxylation sites is 2. The lowest BCUT2D eigenvalue weighted by molar-refractivity contribution is -0.384. The standard InChI is InChI=1S/C19H17N3O7S/c1-2-29-15-6-4-3-5-13(15)21-18(25)16(30-19(21)26)10-17(24)20-12-9-11(22(27)28)7-8-14(12)23/h3-9,16,23H,2,10H2,1H3,(H,20,24). The predicted octanol–water partition coefficient (Wildman–Crippen LogP) is 3.30. The van der Waals surface area contributed by atoms with Gasteiger partial charge >= 0.3 is 0 Å². The number of carbonyl (C=O) groups excluding carboxylic acids is 3. The summed E-state index contributed by atoms with van der Waals surface area (Å²) in [4.78, 5) is 48.7. The molecular formula is C19H17N3O7S. The fourth-order valence-electron chi connectivity index (χ4n) is 2.83. The number of hydrogen-bond donors (Lipinski definition) is 2. The summed E-state index contributed by atoms with van der Waals surface area (Å²) in [5, 5.41) is 21.5. The van der Waals surface area contributed by atoms with Gasteiger partial charge in [0.15, 0.2) is 0 Å². The van der Waals surface area contributed by atoms with Crippen molar-refractivity contribution in [3.63, 3.8) is 0 Å². The van der Waals surface area contributed by atoms with Gasteiger partial charge < -0.3 is 15.2 Å². The van der Waals surface area contributed by atoms with E-state index in [9.17, 15) is 29.6 Å². The highest BCUT2D eigenvalue weighted by Gasteiger charge is 2.42. The Bertz CT molecular complexity index is 1030. The SMILES string of the molecule is CCOc1ccccc1N1C(=O)SC(CC(=O)Nc2cc([N+](=O)[O-])ccc2O)C1=O. The first kappa shape index (κ1) is 21.1. The molecule has 1 heterocycles. The lowest BCUT2D eigenvalue weighted by atomic mass is 10.2. The molecule has 0 bridgehead atoms. The number of thioether (sulfide) groups is 1. The number of phenols is 1. The minimum absolute atomic E-state index is 0.158. The fraction of sp³-hybridized carbons (Fsp3) is 0.211. The van der Waals surface area contributed by atoms with Crippen LogP contribution in [-0.4, -0.2) is 38.9 Å². The predicted molar refractivity (Wildman–Crippen MR) is 110 cm³/mol. The van der Waals surface area contributed by atoms with Crippen molar-refractivity contribution in [3.05, 3.63) is 52.6 Å². The Morgan fingerprint density at radius 1 is 1.30 bits per heavy atom. The Hall–Kier alpha value is -3.60. The topological polar surface area (TPSA) is 139 Å². The Kier molecular flexibility index (Phi) is 6.21. The van der Waals surface area contributed by atoms with Crippen LogP contribution in [0.5, 0.6) is 11.5 Å². The molecule has 0 saturated carbocycles. The van der Waals surface area contributed by atoms with Crippen molar-refractivity contribution in [2.24, 2.45) is 0 Å². The number of nitro groups is 1. The van der Waals surface area contributed by atoms with E-state index in [1.54, 1.807) is 31.2 Å². The lowest BCUT2D eigenvalue weighted by Gasteiger charge is -2.17. The average Bonchev–Trinajstić information content (AvgIpc) is 2.97. The largest absolute Gasteiger partial charge is 0.506 e. The summed E-state index contributed by atoms with van der Waals surface area (Å²) in [5.41, 5.74) is -0.182. The van der Waals surface area contributed by atoms with E-state index in [1.165, 1.54) is 0 Å². The summed E-state index contributed by atoms with van der Waals surface area (Å²) in [6.07, 6.45) is -0.356. The Labute approximate surface area is 175 Å². The van der Waals surface area contributed by atoms with E-state index >= 15 is 0 Å². The van der Waals surface area contributed by atoms with E-state index in [4.69, 9.17) is 4.74 Å². The van der Waals surface area contributed by atoms with E-state index in [1.807, 2.05) is 0 Å². The van der Waals surface area contributed by atoms with Gasteiger partial charge in [0.2, 0.25) is 11.8 Å². The summed E-state index contributed by atoms with van der Waals surface area (Å²) in [6, 6.07) is 9.76. The van der Waals surface area contributed by atoms with Gasteiger partial charge in [-0.15, -0.1) is 0 Å². The van der Waals surface area contributed by atoms with Crippen LogP contribution in [0.4, 0.5) is 21.9 Å². The molecule has 2 aromatic carbocycles. The monoisotopic (exact) mass is 431 g/mol. The number of rotatable bonds is 7. The number of hydrogen-bond acceptors (Lipinski definition) is 8. The van der Waals surface area contributed by atoms with Gasteiger partial charge in [0.1, 0.15) is 16.7 Å². The number of nitrogens with zero attached hydrogens (tertiary/aromatic N) is 2. The lowest BCUT2D eigenvalue weighted by Crippen LogP contribution is -2.33. The number of ether oxygens (including phenoxy) is 1. The van der Waals surface area contributed by atoms with Crippen molar-refractivity contribution in [2.75, 3.05) is 16.8 Å². The van der Waals surface area contributed by atoms with Crippen LogP contribution in [0.25, 0.3) is 0 Å². The van der Waals surface area contributed by atoms with E-state index in [0.717, 1.165) is 23.1 Å². The summed E-state index contributed by atoms with van der Waals surface area (Å²) >= 11 is 0.705. The van der Waals surface area contributed by atoms with Gasteiger partial charge in [0.05, 0.1) is 22.9 Å². The number of amides is 3. The van der Waals surface area contributed by atoms with Crippen molar-refractivity contribution in [1.29, 1.82) is 0 Å². The van der Waals surface area contributed by atoms with Gasteiger partial charge in [-0.1, -0.05) is 12.1 Å². The number of aromatic hydroxyl groups is 1. The highest BCUT2D eigenvalue weighted by molar-refractivity contribution is 8.15. The van der Waals surface area contributed by atoms with Crippen LogP contribution in [0.15, 0.2) is 42.5 Å². The van der Waals surface area contributed by atoms with Crippen molar-refractivity contribution in [3.8, 4) is 11.5 Å². The molecule has 3 amide bonds. The molecule has 1 saturated heterocycles. The molecule has 1 aliphatic rings. The normalized spacial score (nSPS) is 15.9. The molecule has 1 atom stereocenters. The van der Waals surface area contributed by atoms with Gasteiger partial charge in [-0.3, -0.25) is 24.5 Å². The van der Waals surface area contributed by atoms with E-state index in [2.05, 4.69) is 5.32 Å². The summed E-state index contributed by atoms with van der Waals surface area (Å²) in [5.74, 6) is -1.24. The molecule has 156 valence electrons. The zero-order chi connectivity index (χ0) is 21.8. The Morgan fingerprint density at radius 2 is 2.03 bits per heavy atom. The quantitative estimate of drug-likeness (QED) is 0.387. The third-order valence-electron chi connectivity index (χ3n) is 4.16. The second-order valence-corrected chi connectivity index (χ2v) is 7.31. The van der Waals surface area contributed by atoms with Crippen LogP contribution in [0, 0.1) is 10.1 Å². The first-order chi connectivity index (χ1) is 14.3. The smallest absolute Gasteiger partial charge is 0.293 e. The number of anilines is 2. The third-order valence-corrected chi connectivity index (χ3v) is 5.20. The Morgan fingerprint density at radius 3 is 2.73 bits per heavy atom. The van der Waals surface area contributed by atoms with Gasteiger partial charge in [-0.2, -0.15) is 0 Å². The molecule has 2 aromatic rings. The first-order valence-corrected chi connectivity index (χ1v) is 9.73. The van der Waals surface area contributed by atoms with Gasteiger partial charge in [-0.05, 0) is 36.9 Å². The maximum absolute atomic E-state index is 12.8. The molecule has 3 rings (SSSR count). The summed E-state index contributed by atoms with van der Waals surface area (Å²) in [6.45, 7) is 2.12. The number of nitrogens with one attached hydrogen (secondary N) is 1. The maximum atomic E-state index is 12.8. The van der Waals surface area contributed by atoms with E-state index < -0.39 is 27.2 Å². The van der Waals surface area contributed by atoms with Crippen molar-refractivity contribution in [1.82, 2.24) is 0 Å². The minimum Gasteiger partial charge on any atom is -0.506 e. The second kappa shape index (κ2) is 8.82. The number of non-ortho nitro benzene ring substituents is 1. The van der Waals surface area contributed by atoms with Crippen LogP contribution in [-0.2, 0) is 9.59 Å². The molecule has 0 aliphatic carbocycles. The van der Waals surface area contributed by atoms with Gasteiger partial charge in [0.25, 0.3) is 10.9 Å². The number of phenolic OH excluding ortho intramolecular Hbond substituents is 1. The molecule has 0 radical (unpaired) electrons. The van der Waals surface area contributed by atoms with Gasteiger partial charge in [-0.25, -0.2) is 4.90 Å². The minimum atomic E-state index is -0.979. The van der Waals surface area contributed by atoms with Crippen molar-refractivity contribution in [2.45, 2.75) is 18.6 Å². The first-order valence-electron chi connectivity index (χ1n) is 8.85. The molecule has 10 nitrogen and oxygen atoms in total. The van der Waals surface area contributed by atoms with Crippen LogP contribution in [0.3, 0.4) is 0 Å². The molecule has 0 spiro atoms. The summed E-state index contributed by atoms with van der Waals surface area (Å²) < 4.78 is 5.47. The zero-order valence-corrected chi connectivity index (χ0v) is 16.5. The van der Waals surface area contributed by atoms with Crippen LogP contribution >= 0.6 is 11.8 Å². The van der Waals surface area contributed by atoms with Crippen LogP contribution in [0.2, 0.25) is 0 Å². The van der Waals surface area contributed by atoms with Gasteiger partial charge in [0, 0.05) is 18.6 Å². The van der Waals surface area contributed by atoms with Crippen molar-refractivity contribution >= 4 is 45.9 Å². The average molecular weight is 431 g/mol. The highest BCUT2D eigenvalue weighted by atomic mass is 32.2. The van der Waals surface area contributed by atoms with E-state index in [0.29, 0.717) is 29.8 Å². The van der Waals surface area contributed by atoms with E-state index in [-0.39, 0.29) is 23.5 Å². The molecule has 2 N–H and O–H groups in total. The maximum Gasteiger partial charge on any atom is 0.293 e. The third kappa shape index (κ3) is 4.35. The molecular weight excluding hydrogens is 414 g/mol. The number of carbonyl (C=O) groups is 3. The zero-order valence-electron chi connectivity index (χ0n) is 15.7. The van der Waals surface area contributed by atoms with Crippen LogP contribution < -0.4 is 15.0 Å². The fourth-order valence-corrected chi connectivity index (χ4v) is 3.81. The number of imide groups is 1. The Balaban J connectivity index is 1.74. The number of benzene rings is 2. The van der Waals surface area contributed by atoms with Crippen molar-refractivity contribution < 1.29 is 29.2 Å².